The number of benzene rings is 1. The van der Waals surface area contributed by atoms with Crippen LogP contribution in [0.25, 0.3) is 0 Å². The monoisotopic (exact) mass is 209 g/mol. The molecule has 82 valence electrons. The summed E-state index contributed by atoms with van der Waals surface area (Å²) in [6.45, 7) is 0.959. The van der Waals surface area contributed by atoms with E-state index in [9.17, 15) is 5.11 Å². The van der Waals surface area contributed by atoms with Gasteiger partial charge >= 0.3 is 0 Å². The topological polar surface area (TPSA) is 50.7 Å². The van der Waals surface area contributed by atoms with Crippen molar-refractivity contribution >= 4 is 5.69 Å². The highest BCUT2D eigenvalue weighted by Gasteiger charge is 2.25. The maximum atomic E-state index is 9.54. The number of hydrogen-bond acceptors (Lipinski definition) is 4. The molecule has 1 heterocycles. The smallest absolute Gasteiger partial charge is 0.119 e. The molecule has 2 atom stereocenters. The van der Waals surface area contributed by atoms with Crippen LogP contribution in [-0.2, 0) is 4.74 Å². The van der Waals surface area contributed by atoms with Gasteiger partial charge in [0.25, 0.3) is 0 Å². The van der Waals surface area contributed by atoms with Gasteiger partial charge in [-0.15, -0.1) is 0 Å². The van der Waals surface area contributed by atoms with Crippen LogP contribution in [0.15, 0.2) is 24.3 Å². The van der Waals surface area contributed by atoms with E-state index < -0.39 is 6.10 Å². The number of aliphatic hydroxyl groups is 1. The van der Waals surface area contributed by atoms with Crippen molar-refractivity contribution in [3.8, 4) is 5.75 Å². The third-order valence-corrected chi connectivity index (χ3v) is 2.49. The largest absolute Gasteiger partial charge is 0.497 e. The second kappa shape index (κ2) is 4.51. The summed E-state index contributed by atoms with van der Waals surface area (Å²) in [6, 6.07) is 7.58. The first kappa shape index (κ1) is 10.3. The lowest BCUT2D eigenvalue weighted by molar-refractivity contribution is 0.125. The van der Waals surface area contributed by atoms with Crippen molar-refractivity contribution in [2.24, 2.45) is 0 Å². The van der Waals surface area contributed by atoms with Crippen LogP contribution in [0.5, 0.6) is 5.75 Å². The first-order valence-electron chi connectivity index (χ1n) is 4.96. The van der Waals surface area contributed by atoms with Crippen LogP contribution >= 0.6 is 0 Å². The van der Waals surface area contributed by atoms with Crippen molar-refractivity contribution in [2.75, 3.05) is 25.6 Å². The van der Waals surface area contributed by atoms with Crippen molar-refractivity contribution in [3.05, 3.63) is 24.3 Å². The molecule has 0 amide bonds. The molecule has 1 aliphatic heterocycles. The van der Waals surface area contributed by atoms with Crippen molar-refractivity contribution in [3.63, 3.8) is 0 Å². The summed E-state index contributed by atoms with van der Waals surface area (Å²) in [4.78, 5) is 0. The predicted octanol–water partition coefficient (Wildman–Crippen LogP) is 0.867. The van der Waals surface area contributed by atoms with Crippen LogP contribution in [0.4, 0.5) is 5.69 Å². The second-order valence-corrected chi connectivity index (χ2v) is 3.58. The highest BCUT2D eigenvalue weighted by Crippen LogP contribution is 2.18. The Morgan fingerprint density at radius 1 is 1.33 bits per heavy atom. The molecule has 4 nitrogen and oxygen atoms in total. The molecule has 1 fully saturated rings. The Kier molecular flexibility index (Phi) is 3.08. The van der Waals surface area contributed by atoms with E-state index >= 15 is 0 Å². The van der Waals surface area contributed by atoms with E-state index in [1.165, 1.54) is 0 Å². The Bertz CT molecular complexity index is 312. The lowest BCUT2D eigenvalue weighted by atomic mass is 10.2. The van der Waals surface area contributed by atoms with E-state index in [1.807, 2.05) is 24.3 Å². The number of rotatable bonds is 3. The molecule has 1 aromatic rings. The Morgan fingerprint density at radius 2 is 2.07 bits per heavy atom. The molecule has 0 unspecified atom stereocenters. The fourth-order valence-electron chi connectivity index (χ4n) is 1.58. The van der Waals surface area contributed by atoms with Gasteiger partial charge in [0.1, 0.15) is 5.75 Å². The quantitative estimate of drug-likeness (QED) is 0.775. The highest BCUT2D eigenvalue weighted by atomic mass is 16.5. The fraction of sp³-hybridized carbons (Fsp3) is 0.455. The molecule has 0 spiro atoms. The predicted molar refractivity (Wildman–Crippen MR) is 57.2 cm³/mol. The van der Waals surface area contributed by atoms with Gasteiger partial charge in [-0.25, -0.2) is 0 Å². The van der Waals surface area contributed by atoms with Crippen LogP contribution in [0.1, 0.15) is 0 Å². The van der Waals surface area contributed by atoms with Gasteiger partial charge in [-0.1, -0.05) is 0 Å². The van der Waals surface area contributed by atoms with Gasteiger partial charge in [0.2, 0.25) is 0 Å². The van der Waals surface area contributed by atoms with E-state index in [0.29, 0.717) is 13.2 Å². The van der Waals surface area contributed by atoms with E-state index in [2.05, 4.69) is 5.32 Å². The van der Waals surface area contributed by atoms with Gasteiger partial charge < -0.3 is 19.9 Å². The summed E-state index contributed by atoms with van der Waals surface area (Å²) in [6.07, 6.45) is -0.424. The Hall–Kier alpha value is -1.26. The zero-order chi connectivity index (χ0) is 10.7. The van der Waals surface area contributed by atoms with E-state index in [1.54, 1.807) is 7.11 Å². The first-order chi connectivity index (χ1) is 7.29. The van der Waals surface area contributed by atoms with Crippen LogP contribution in [0.3, 0.4) is 0 Å². The fourth-order valence-corrected chi connectivity index (χ4v) is 1.58. The lowest BCUT2D eigenvalue weighted by Gasteiger charge is -2.15. The maximum Gasteiger partial charge on any atom is 0.119 e. The Labute approximate surface area is 88.8 Å². The summed E-state index contributed by atoms with van der Waals surface area (Å²) in [7, 11) is 1.64. The van der Waals surface area contributed by atoms with Crippen LogP contribution in [-0.4, -0.2) is 37.6 Å². The zero-order valence-corrected chi connectivity index (χ0v) is 8.64. The molecular formula is C11H15NO3. The zero-order valence-electron chi connectivity index (χ0n) is 8.64. The molecule has 2 rings (SSSR count). The van der Waals surface area contributed by atoms with Crippen molar-refractivity contribution in [2.45, 2.75) is 12.1 Å². The summed E-state index contributed by atoms with van der Waals surface area (Å²) in [5.74, 6) is 0.823. The molecular weight excluding hydrogens is 194 g/mol. The van der Waals surface area contributed by atoms with E-state index in [4.69, 9.17) is 9.47 Å². The first-order valence-corrected chi connectivity index (χ1v) is 4.96. The van der Waals surface area contributed by atoms with Crippen LogP contribution in [0, 0.1) is 0 Å². The van der Waals surface area contributed by atoms with Crippen molar-refractivity contribution < 1.29 is 14.6 Å². The molecule has 0 bridgehead atoms. The minimum Gasteiger partial charge on any atom is -0.497 e. The summed E-state index contributed by atoms with van der Waals surface area (Å²) in [5.41, 5.74) is 0.963. The molecule has 1 saturated heterocycles. The minimum absolute atomic E-state index is 0.0154. The molecule has 15 heavy (non-hydrogen) atoms. The van der Waals surface area contributed by atoms with Gasteiger partial charge in [-0.05, 0) is 24.3 Å². The summed E-state index contributed by atoms with van der Waals surface area (Å²) >= 11 is 0. The van der Waals surface area contributed by atoms with Gasteiger partial charge in [0, 0.05) is 5.69 Å². The molecule has 4 heteroatoms. The SMILES string of the molecule is COc1ccc(N[C@@H]2COC[C@H]2O)cc1. The second-order valence-electron chi connectivity index (χ2n) is 3.58. The van der Waals surface area contributed by atoms with Crippen molar-refractivity contribution in [1.82, 2.24) is 0 Å². The van der Waals surface area contributed by atoms with E-state index in [0.717, 1.165) is 11.4 Å². The Morgan fingerprint density at radius 3 is 2.60 bits per heavy atom. The number of hydrogen-bond donors (Lipinski definition) is 2. The van der Waals surface area contributed by atoms with Crippen LogP contribution < -0.4 is 10.1 Å². The molecule has 0 saturated carbocycles. The molecule has 1 aromatic carbocycles. The van der Waals surface area contributed by atoms with Crippen molar-refractivity contribution in [1.29, 1.82) is 0 Å². The average Bonchev–Trinajstić information content (AvgIpc) is 2.66. The number of ether oxygens (including phenoxy) is 2. The maximum absolute atomic E-state index is 9.54. The Balaban J connectivity index is 1.98. The molecule has 2 N–H and O–H groups in total. The average molecular weight is 209 g/mol. The highest BCUT2D eigenvalue weighted by molar-refractivity contribution is 5.47. The third kappa shape index (κ3) is 2.40. The minimum atomic E-state index is -0.424. The third-order valence-electron chi connectivity index (χ3n) is 2.49. The van der Waals surface area contributed by atoms with Gasteiger partial charge in [-0.3, -0.25) is 0 Å². The van der Waals surface area contributed by atoms with Gasteiger partial charge in [0.05, 0.1) is 32.5 Å². The number of anilines is 1. The van der Waals surface area contributed by atoms with Crippen LogP contribution in [0.2, 0.25) is 0 Å². The van der Waals surface area contributed by atoms with E-state index in [-0.39, 0.29) is 6.04 Å². The molecule has 0 aromatic heterocycles. The standard InChI is InChI=1S/C11H15NO3/c1-14-9-4-2-8(3-5-9)12-10-6-15-7-11(10)13/h2-5,10-13H,6-7H2,1H3/t10-,11-/m1/s1. The number of aliphatic hydroxyl groups excluding tert-OH is 1. The summed E-state index contributed by atoms with van der Waals surface area (Å²) in [5, 5.41) is 12.8. The van der Waals surface area contributed by atoms with Gasteiger partial charge in [0.15, 0.2) is 0 Å². The molecule has 0 radical (unpaired) electrons. The molecule has 1 aliphatic rings. The number of nitrogens with one attached hydrogen (secondary N) is 1. The normalized spacial score (nSPS) is 25.2. The number of methoxy groups -OCH3 is 1. The lowest BCUT2D eigenvalue weighted by Crippen LogP contribution is -2.31. The van der Waals surface area contributed by atoms with Gasteiger partial charge in [-0.2, -0.15) is 0 Å². The summed E-state index contributed by atoms with van der Waals surface area (Å²) < 4.78 is 10.2. The molecule has 0 aliphatic carbocycles.